The standard InChI is InChI=1S/C15H18N2/c1-10-14-12(8-9-16-10)15(2,3)11-6-4-5-7-13(11)17-14/h4-7,17H,8-9H2,1-3H3. The smallest absolute Gasteiger partial charge is 0.0597 e. The molecule has 2 heteroatoms. The summed E-state index contributed by atoms with van der Waals surface area (Å²) in [5.41, 5.74) is 6.65. The maximum atomic E-state index is 4.55. The second-order valence-electron chi connectivity index (χ2n) is 5.37. The summed E-state index contributed by atoms with van der Waals surface area (Å²) in [5, 5.41) is 3.55. The zero-order valence-electron chi connectivity index (χ0n) is 10.7. The minimum absolute atomic E-state index is 0.119. The molecule has 0 aliphatic carbocycles. The van der Waals surface area contributed by atoms with Crippen LogP contribution in [0, 0.1) is 0 Å². The van der Waals surface area contributed by atoms with Gasteiger partial charge in [0.25, 0.3) is 0 Å². The topological polar surface area (TPSA) is 24.4 Å². The SMILES string of the molecule is CC1=NCCC2=C1Nc1ccccc1C2(C)C. The lowest BCUT2D eigenvalue weighted by atomic mass is 9.71. The molecule has 0 atom stereocenters. The highest BCUT2D eigenvalue weighted by atomic mass is 15.0. The predicted molar refractivity (Wildman–Crippen MR) is 72.7 cm³/mol. The summed E-state index contributed by atoms with van der Waals surface area (Å²) in [6.07, 6.45) is 1.07. The Morgan fingerprint density at radius 1 is 1.24 bits per heavy atom. The molecule has 17 heavy (non-hydrogen) atoms. The van der Waals surface area contributed by atoms with Gasteiger partial charge in [0.1, 0.15) is 0 Å². The predicted octanol–water partition coefficient (Wildman–Crippen LogP) is 3.51. The first kappa shape index (κ1) is 10.6. The summed E-state index contributed by atoms with van der Waals surface area (Å²) in [7, 11) is 0. The third-order valence-electron chi connectivity index (χ3n) is 3.99. The first-order valence-electron chi connectivity index (χ1n) is 6.22. The van der Waals surface area contributed by atoms with Gasteiger partial charge in [0.15, 0.2) is 0 Å². The van der Waals surface area contributed by atoms with Gasteiger partial charge in [-0.3, -0.25) is 4.99 Å². The van der Waals surface area contributed by atoms with Gasteiger partial charge in [-0.15, -0.1) is 0 Å². The number of dihydropyridines is 1. The van der Waals surface area contributed by atoms with Gasteiger partial charge in [-0.05, 0) is 30.5 Å². The number of nitrogens with zero attached hydrogens (tertiary/aromatic N) is 1. The molecule has 88 valence electrons. The molecule has 0 unspecified atom stereocenters. The molecule has 2 aliphatic rings. The number of benzene rings is 1. The zero-order chi connectivity index (χ0) is 12.0. The van der Waals surface area contributed by atoms with Crippen molar-refractivity contribution in [1.82, 2.24) is 0 Å². The van der Waals surface area contributed by atoms with Gasteiger partial charge < -0.3 is 5.32 Å². The molecule has 1 aromatic rings. The lowest BCUT2D eigenvalue weighted by molar-refractivity contribution is 0.579. The second kappa shape index (κ2) is 3.46. The van der Waals surface area contributed by atoms with Crippen LogP contribution >= 0.6 is 0 Å². The van der Waals surface area contributed by atoms with E-state index in [4.69, 9.17) is 0 Å². The highest BCUT2D eigenvalue weighted by Gasteiger charge is 2.35. The fourth-order valence-corrected chi connectivity index (χ4v) is 2.98. The van der Waals surface area contributed by atoms with Gasteiger partial charge in [0, 0.05) is 17.6 Å². The first-order chi connectivity index (χ1) is 8.10. The van der Waals surface area contributed by atoms with Crippen molar-refractivity contribution in [3.8, 4) is 0 Å². The summed E-state index contributed by atoms with van der Waals surface area (Å²) < 4.78 is 0. The Labute approximate surface area is 102 Å². The van der Waals surface area contributed by atoms with Crippen LogP contribution in [0.4, 0.5) is 5.69 Å². The lowest BCUT2D eigenvalue weighted by Crippen LogP contribution is -2.33. The minimum atomic E-state index is 0.119. The highest BCUT2D eigenvalue weighted by Crippen LogP contribution is 2.44. The van der Waals surface area contributed by atoms with Crippen LogP contribution in [-0.4, -0.2) is 12.3 Å². The maximum absolute atomic E-state index is 4.55. The molecule has 2 heterocycles. The molecule has 0 saturated heterocycles. The van der Waals surface area contributed by atoms with Crippen molar-refractivity contribution in [2.45, 2.75) is 32.6 Å². The summed E-state index contributed by atoms with van der Waals surface area (Å²) in [6.45, 7) is 7.67. The molecule has 0 radical (unpaired) electrons. The van der Waals surface area contributed by atoms with Gasteiger partial charge in [-0.25, -0.2) is 0 Å². The van der Waals surface area contributed by atoms with E-state index in [0.717, 1.165) is 18.7 Å². The molecule has 2 aliphatic heterocycles. The van der Waals surface area contributed by atoms with Crippen LogP contribution in [0.5, 0.6) is 0 Å². The van der Waals surface area contributed by atoms with E-state index in [1.54, 1.807) is 0 Å². The van der Waals surface area contributed by atoms with Crippen LogP contribution < -0.4 is 5.32 Å². The van der Waals surface area contributed by atoms with E-state index in [1.807, 2.05) is 0 Å². The van der Waals surface area contributed by atoms with Crippen LogP contribution in [0.25, 0.3) is 0 Å². The number of nitrogens with one attached hydrogen (secondary N) is 1. The Hall–Kier alpha value is -1.57. The van der Waals surface area contributed by atoms with Crippen LogP contribution in [0.15, 0.2) is 40.5 Å². The fraction of sp³-hybridized carbons (Fsp3) is 0.400. The monoisotopic (exact) mass is 226 g/mol. The Balaban J connectivity index is 2.21. The Morgan fingerprint density at radius 2 is 2.00 bits per heavy atom. The second-order valence-corrected chi connectivity index (χ2v) is 5.37. The molecule has 2 nitrogen and oxygen atoms in total. The summed E-state index contributed by atoms with van der Waals surface area (Å²) >= 11 is 0. The van der Waals surface area contributed by atoms with Crippen molar-refractivity contribution in [2.75, 3.05) is 11.9 Å². The van der Waals surface area contributed by atoms with Crippen LogP contribution in [-0.2, 0) is 5.41 Å². The lowest BCUT2D eigenvalue weighted by Gasteiger charge is -2.39. The number of rotatable bonds is 0. The first-order valence-corrected chi connectivity index (χ1v) is 6.22. The Kier molecular flexibility index (Phi) is 2.15. The van der Waals surface area contributed by atoms with E-state index in [0.29, 0.717) is 0 Å². The number of aliphatic imine (C=N–C) groups is 1. The van der Waals surface area contributed by atoms with Crippen molar-refractivity contribution in [2.24, 2.45) is 4.99 Å². The van der Waals surface area contributed by atoms with E-state index in [-0.39, 0.29) is 5.41 Å². The van der Waals surface area contributed by atoms with Crippen molar-refractivity contribution in [3.63, 3.8) is 0 Å². The normalized spacial score (nSPS) is 21.2. The maximum Gasteiger partial charge on any atom is 0.0597 e. The molecular weight excluding hydrogens is 208 g/mol. The Bertz CT molecular complexity index is 536. The number of hydrogen-bond acceptors (Lipinski definition) is 2. The van der Waals surface area contributed by atoms with Crippen molar-refractivity contribution >= 4 is 11.4 Å². The number of allylic oxidation sites excluding steroid dienone is 1. The van der Waals surface area contributed by atoms with Crippen molar-refractivity contribution in [3.05, 3.63) is 41.1 Å². The van der Waals surface area contributed by atoms with E-state index < -0.39 is 0 Å². The number of fused-ring (bicyclic) bond motifs is 1. The van der Waals surface area contributed by atoms with Crippen LogP contribution in [0.2, 0.25) is 0 Å². The van der Waals surface area contributed by atoms with Gasteiger partial charge in [0.05, 0.1) is 11.4 Å². The average molecular weight is 226 g/mol. The van der Waals surface area contributed by atoms with E-state index in [2.05, 4.69) is 55.3 Å². The van der Waals surface area contributed by atoms with Gasteiger partial charge in [-0.2, -0.15) is 0 Å². The Morgan fingerprint density at radius 3 is 2.82 bits per heavy atom. The zero-order valence-corrected chi connectivity index (χ0v) is 10.7. The quantitative estimate of drug-likeness (QED) is 0.719. The molecule has 0 spiro atoms. The molecule has 1 N–H and O–H groups in total. The molecule has 0 aromatic heterocycles. The van der Waals surface area contributed by atoms with Crippen molar-refractivity contribution in [1.29, 1.82) is 0 Å². The van der Waals surface area contributed by atoms with Gasteiger partial charge in [0.2, 0.25) is 0 Å². The summed E-state index contributed by atoms with van der Waals surface area (Å²) in [4.78, 5) is 4.55. The molecule has 0 amide bonds. The summed E-state index contributed by atoms with van der Waals surface area (Å²) in [6, 6.07) is 8.59. The van der Waals surface area contributed by atoms with Gasteiger partial charge >= 0.3 is 0 Å². The highest BCUT2D eigenvalue weighted by molar-refractivity contribution is 6.03. The third kappa shape index (κ3) is 1.43. The summed E-state index contributed by atoms with van der Waals surface area (Å²) in [5.74, 6) is 0. The molecule has 3 rings (SSSR count). The molecular formula is C15H18N2. The van der Waals surface area contributed by atoms with Crippen LogP contribution in [0.3, 0.4) is 0 Å². The molecule has 0 saturated carbocycles. The molecule has 0 bridgehead atoms. The molecule has 0 fully saturated rings. The molecule has 1 aromatic carbocycles. The largest absolute Gasteiger partial charge is 0.354 e. The van der Waals surface area contributed by atoms with E-state index >= 15 is 0 Å². The third-order valence-corrected chi connectivity index (χ3v) is 3.99. The van der Waals surface area contributed by atoms with Crippen molar-refractivity contribution < 1.29 is 0 Å². The van der Waals surface area contributed by atoms with E-state index in [1.165, 1.54) is 22.5 Å². The number of anilines is 1. The van der Waals surface area contributed by atoms with E-state index in [9.17, 15) is 0 Å². The number of hydrogen-bond donors (Lipinski definition) is 1. The minimum Gasteiger partial charge on any atom is -0.354 e. The average Bonchev–Trinajstić information content (AvgIpc) is 2.31. The van der Waals surface area contributed by atoms with Gasteiger partial charge in [-0.1, -0.05) is 32.0 Å². The van der Waals surface area contributed by atoms with Crippen LogP contribution in [0.1, 0.15) is 32.8 Å². The number of para-hydroxylation sites is 1. The fourth-order valence-electron chi connectivity index (χ4n) is 2.98.